The lowest BCUT2D eigenvalue weighted by molar-refractivity contribution is 0.0529. The molecule has 1 atom stereocenters. The number of nitrogens with one attached hydrogen (secondary N) is 2. The molecule has 0 bridgehead atoms. The summed E-state index contributed by atoms with van der Waals surface area (Å²) in [7, 11) is 0. The van der Waals surface area contributed by atoms with Crippen molar-refractivity contribution in [2.24, 2.45) is 4.99 Å². The molecule has 1 saturated heterocycles. The van der Waals surface area contributed by atoms with Gasteiger partial charge in [-0.1, -0.05) is 17.7 Å². The zero-order valence-corrected chi connectivity index (χ0v) is 19.5. The van der Waals surface area contributed by atoms with Crippen LogP contribution >= 0.6 is 0 Å². The second-order valence-corrected chi connectivity index (χ2v) is 8.21. The fourth-order valence-corrected chi connectivity index (χ4v) is 3.66. The van der Waals surface area contributed by atoms with Crippen molar-refractivity contribution in [3.63, 3.8) is 0 Å². The summed E-state index contributed by atoms with van der Waals surface area (Å²) in [4.78, 5) is 16.1. The third-order valence-electron chi connectivity index (χ3n) is 5.43. The van der Waals surface area contributed by atoms with Crippen LogP contribution in [0.5, 0.6) is 0 Å². The number of hydrogen-bond donors (Lipinski definition) is 2. The number of rotatable bonds is 7. The van der Waals surface area contributed by atoms with Crippen LogP contribution in [-0.2, 0) is 17.8 Å². The number of aromatic nitrogens is 2. The summed E-state index contributed by atoms with van der Waals surface area (Å²) in [6.45, 7) is 10.5. The Labute approximate surface area is 195 Å². The molecule has 2 aromatic heterocycles. The van der Waals surface area contributed by atoms with Gasteiger partial charge in [-0.15, -0.1) is 0 Å². The Morgan fingerprint density at radius 2 is 2.06 bits per heavy atom. The van der Waals surface area contributed by atoms with E-state index in [-0.39, 0.29) is 6.10 Å². The molecule has 1 aliphatic rings. The smallest absolute Gasteiger partial charge is 0.226 e. The first-order valence-electron chi connectivity index (χ1n) is 11.5. The molecule has 1 fully saturated rings. The summed E-state index contributed by atoms with van der Waals surface area (Å²) in [5.41, 5.74) is 4.11. The van der Waals surface area contributed by atoms with Crippen LogP contribution in [0.15, 0.2) is 58.3 Å². The van der Waals surface area contributed by atoms with Crippen molar-refractivity contribution in [1.82, 2.24) is 20.6 Å². The topological polar surface area (TPSA) is 87.8 Å². The lowest BCUT2D eigenvalue weighted by atomic mass is 10.1. The number of aliphatic imine (C=N–C) groups is 1. The van der Waals surface area contributed by atoms with Crippen LogP contribution in [0, 0.1) is 6.92 Å². The molecule has 3 heterocycles. The van der Waals surface area contributed by atoms with Gasteiger partial charge in [0.15, 0.2) is 5.96 Å². The van der Waals surface area contributed by atoms with E-state index in [2.05, 4.69) is 57.5 Å². The summed E-state index contributed by atoms with van der Waals surface area (Å²) in [6, 6.07) is 12.3. The fourth-order valence-electron chi connectivity index (χ4n) is 3.66. The Bertz CT molecular complexity index is 1060. The minimum Gasteiger partial charge on any atom is -0.444 e. The number of oxazole rings is 1. The number of morpholine rings is 1. The molecule has 8 heteroatoms. The Morgan fingerprint density at radius 1 is 1.21 bits per heavy atom. The van der Waals surface area contributed by atoms with E-state index in [0.717, 1.165) is 54.8 Å². The van der Waals surface area contributed by atoms with Gasteiger partial charge in [0, 0.05) is 31.4 Å². The van der Waals surface area contributed by atoms with Gasteiger partial charge in [0.2, 0.25) is 5.89 Å². The normalized spacial score (nSPS) is 16.6. The number of aryl methyl sites for hydroxylation is 1. The van der Waals surface area contributed by atoms with Crippen molar-refractivity contribution in [2.45, 2.75) is 40.0 Å². The van der Waals surface area contributed by atoms with Gasteiger partial charge in [-0.3, -0.25) is 0 Å². The molecule has 1 aliphatic heterocycles. The third kappa shape index (κ3) is 6.32. The predicted molar refractivity (Wildman–Crippen MR) is 130 cm³/mol. The van der Waals surface area contributed by atoms with Gasteiger partial charge in [-0.25, -0.2) is 15.0 Å². The second kappa shape index (κ2) is 11.0. The highest BCUT2D eigenvalue weighted by Crippen LogP contribution is 2.19. The maximum Gasteiger partial charge on any atom is 0.226 e. The van der Waals surface area contributed by atoms with E-state index < -0.39 is 0 Å². The molecule has 0 saturated carbocycles. The van der Waals surface area contributed by atoms with E-state index in [4.69, 9.17) is 14.1 Å². The van der Waals surface area contributed by atoms with Crippen molar-refractivity contribution < 1.29 is 9.15 Å². The van der Waals surface area contributed by atoms with E-state index in [1.54, 1.807) is 6.26 Å². The summed E-state index contributed by atoms with van der Waals surface area (Å²) in [5.74, 6) is 2.33. The molecule has 0 radical (unpaired) electrons. The van der Waals surface area contributed by atoms with Gasteiger partial charge >= 0.3 is 0 Å². The number of nitrogens with zero attached hydrogens (tertiary/aromatic N) is 4. The highest BCUT2D eigenvalue weighted by atomic mass is 16.5. The van der Waals surface area contributed by atoms with E-state index in [9.17, 15) is 0 Å². The van der Waals surface area contributed by atoms with Crippen molar-refractivity contribution >= 4 is 11.8 Å². The Morgan fingerprint density at radius 3 is 2.85 bits per heavy atom. The van der Waals surface area contributed by atoms with Crippen molar-refractivity contribution in [2.75, 3.05) is 31.1 Å². The van der Waals surface area contributed by atoms with Gasteiger partial charge < -0.3 is 24.7 Å². The van der Waals surface area contributed by atoms with E-state index in [1.165, 1.54) is 5.56 Å². The third-order valence-corrected chi connectivity index (χ3v) is 5.43. The van der Waals surface area contributed by atoms with Crippen LogP contribution in [-0.4, -0.2) is 48.3 Å². The summed E-state index contributed by atoms with van der Waals surface area (Å²) >= 11 is 0. The highest BCUT2D eigenvalue weighted by Gasteiger charge is 2.18. The first-order chi connectivity index (χ1) is 16.1. The molecule has 0 aliphatic carbocycles. The minimum atomic E-state index is 0.217. The summed E-state index contributed by atoms with van der Waals surface area (Å²) in [5, 5.41) is 6.63. The van der Waals surface area contributed by atoms with E-state index >= 15 is 0 Å². The number of ether oxygens (including phenoxy) is 1. The number of pyridine rings is 1. The first-order valence-corrected chi connectivity index (χ1v) is 11.5. The SMILES string of the molecule is CCNC(=NCc1ccnc(N2CCOC(C)C2)c1)NCc1coc(-c2ccc(C)cc2)n1. The second-order valence-electron chi connectivity index (χ2n) is 8.21. The number of guanidine groups is 1. The van der Waals surface area contributed by atoms with Gasteiger partial charge in [-0.2, -0.15) is 0 Å². The minimum absolute atomic E-state index is 0.217. The molecule has 1 aromatic carbocycles. The molecule has 33 heavy (non-hydrogen) atoms. The van der Waals surface area contributed by atoms with Crippen LogP contribution in [0.3, 0.4) is 0 Å². The largest absolute Gasteiger partial charge is 0.444 e. The maximum atomic E-state index is 5.66. The van der Waals surface area contributed by atoms with Gasteiger partial charge in [0.05, 0.1) is 31.5 Å². The predicted octanol–water partition coefficient (Wildman–Crippen LogP) is 3.53. The molecule has 3 aromatic rings. The van der Waals surface area contributed by atoms with Gasteiger partial charge in [0.25, 0.3) is 0 Å². The number of hydrogen-bond acceptors (Lipinski definition) is 6. The summed E-state index contributed by atoms with van der Waals surface area (Å²) < 4.78 is 11.3. The Balaban J connectivity index is 1.37. The molecule has 0 amide bonds. The first kappa shape index (κ1) is 22.8. The molecule has 174 valence electrons. The lowest BCUT2D eigenvalue weighted by Gasteiger charge is -2.32. The van der Waals surface area contributed by atoms with Crippen molar-refractivity contribution in [3.8, 4) is 11.5 Å². The lowest BCUT2D eigenvalue weighted by Crippen LogP contribution is -2.41. The van der Waals surface area contributed by atoms with Crippen LogP contribution < -0.4 is 15.5 Å². The van der Waals surface area contributed by atoms with E-state index in [0.29, 0.717) is 19.0 Å². The molecule has 4 rings (SSSR count). The van der Waals surface area contributed by atoms with Crippen LogP contribution in [0.25, 0.3) is 11.5 Å². The van der Waals surface area contributed by atoms with Crippen LogP contribution in [0.4, 0.5) is 5.82 Å². The molecule has 0 spiro atoms. The van der Waals surface area contributed by atoms with Crippen molar-refractivity contribution in [1.29, 1.82) is 0 Å². The molecule has 2 N–H and O–H groups in total. The highest BCUT2D eigenvalue weighted by molar-refractivity contribution is 5.79. The summed E-state index contributed by atoms with van der Waals surface area (Å²) in [6.07, 6.45) is 3.75. The van der Waals surface area contributed by atoms with Crippen LogP contribution in [0.2, 0.25) is 0 Å². The quantitative estimate of drug-likeness (QED) is 0.422. The monoisotopic (exact) mass is 448 g/mol. The molecular weight excluding hydrogens is 416 g/mol. The zero-order valence-electron chi connectivity index (χ0n) is 19.5. The number of benzene rings is 1. The molecule has 1 unspecified atom stereocenters. The zero-order chi connectivity index (χ0) is 23.0. The number of anilines is 1. The average Bonchev–Trinajstić information content (AvgIpc) is 3.30. The van der Waals surface area contributed by atoms with E-state index in [1.807, 2.05) is 31.3 Å². The molecular formula is C25H32N6O2. The molecule has 8 nitrogen and oxygen atoms in total. The van der Waals surface area contributed by atoms with Crippen molar-refractivity contribution in [3.05, 3.63) is 65.7 Å². The van der Waals surface area contributed by atoms with Crippen LogP contribution in [0.1, 0.15) is 30.7 Å². The Hall–Kier alpha value is -3.39. The van der Waals surface area contributed by atoms with Gasteiger partial charge in [0.1, 0.15) is 12.1 Å². The Kier molecular flexibility index (Phi) is 7.57. The average molecular weight is 449 g/mol. The maximum absolute atomic E-state index is 5.66. The fraction of sp³-hybridized carbons (Fsp3) is 0.400. The van der Waals surface area contributed by atoms with Gasteiger partial charge in [-0.05, 0) is 50.6 Å². The standard InChI is InChI=1S/C25H32N6O2/c1-4-26-25(29-15-22-17-33-24(30-22)21-7-5-18(2)6-8-21)28-14-20-9-10-27-23(13-20)31-11-12-32-19(3)16-31/h5-10,13,17,19H,4,11-12,14-16H2,1-3H3,(H2,26,28,29).